The van der Waals surface area contributed by atoms with Crippen LogP contribution in [-0.2, 0) is 17.5 Å². The molecule has 0 radical (unpaired) electrons. The van der Waals surface area contributed by atoms with Crippen LogP contribution in [0.25, 0.3) is 11.4 Å². The maximum atomic E-state index is 12.6. The zero-order valence-corrected chi connectivity index (χ0v) is 15.6. The second kappa shape index (κ2) is 8.42. The van der Waals surface area contributed by atoms with Gasteiger partial charge < -0.3 is 9.88 Å². The van der Waals surface area contributed by atoms with E-state index in [0.29, 0.717) is 23.2 Å². The van der Waals surface area contributed by atoms with Crippen molar-refractivity contribution in [3.8, 4) is 11.4 Å². The van der Waals surface area contributed by atoms with E-state index in [2.05, 4.69) is 20.5 Å². The summed E-state index contributed by atoms with van der Waals surface area (Å²) in [5.74, 6) is 0.381. The molecular weight excluding hydrogens is 391 g/mol. The number of thioether (sulfide) groups is 1. The van der Waals surface area contributed by atoms with Crippen molar-refractivity contribution in [3.63, 3.8) is 0 Å². The molecular formula is C18H16F3N5OS. The topological polar surface area (TPSA) is 72.7 Å². The Hall–Kier alpha value is -2.88. The van der Waals surface area contributed by atoms with Crippen molar-refractivity contribution < 1.29 is 18.0 Å². The lowest BCUT2D eigenvalue weighted by Crippen LogP contribution is -2.15. The highest BCUT2D eigenvalue weighted by molar-refractivity contribution is 7.99. The molecule has 0 unspecified atom stereocenters. The lowest BCUT2D eigenvalue weighted by Gasteiger charge is -2.09. The van der Waals surface area contributed by atoms with Gasteiger partial charge in [-0.1, -0.05) is 11.8 Å². The van der Waals surface area contributed by atoms with Crippen LogP contribution in [0, 0.1) is 0 Å². The number of aromatic nitrogens is 4. The summed E-state index contributed by atoms with van der Waals surface area (Å²) in [6, 6.07) is 7.95. The Labute approximate surface area is 163 Å². The summed E-state index contributed by atoms with van der Waals surface area (Å²) in [6.45, 7) is 2.56. The number of amides is 1. The van der Waals surface area contributed by atoms with Crippen molar-refractivity contribution in [2.24, 2.45) is 0 Å². The van der Waals surface area contributed by atoms with Crippen molar-refractivity contribution in [2.45, 2.75) is 24.8 Å². The largest absolute Gasteiger partial charge is 0.416 e. The monoisotopic (exact) mass is 407 g/mol. The summed E-state index contributed by atoms with van der Waals surface area (Å²) >= 11 is 1.20. The number of hydrogen-bond donors (Lipinski definition) is 1. The van der Waals surface area contributed by atoms with Crippen LogP contribution < -0.4 is 5.32 Å². The van der Waals surface area contributed by atoms with Crippen LogP contribution in [-0.4, -0.2) is 31.4 Å². The first-order chi connectivity index (χ1) is 13.4. The highest BCUT2D eigenvalue weighted by atomic mass is 32.2. The Kier molecular flexibility index (Phi) is 5.98. The molecule has 0 spiro atoms. The molecule has 0 bridgehead atoms. The van der Waals surface area contributed by atoms with Crippen LogP contribution in [0.15, 0.2) is 53.9 Å². The predicted molar refractivity (Wildman–Crippen MR) is 99.7 cm³/mol. The third kappa shape index (κ3) is 4.69. The fourth-order valence-electron chi connectivity index (χ4n) is 2.46. The van der Waals surface area contributed by atoms with Gasteiger partial charge in [-0.05, 0) is 43.3 Å². The number of nitrogens with zero attached hydrogens (tertiary/aromatic N) is 4. The number of hydrogen-bond acceptors (Lipinski definition) is 5. The second-order valence-electron chi connectivity index (χ2n) is 5.70. The van der Waals surface area contributed by atoms with E-state index < -0.39 is 11.7 Å². The molecule has 146 valence electrons. The Bertz CT molecular complexity index is 942. The molecule has 3 aromatic rings. The van der Waals surface area contributed by atoms with Gasteiger partial charge in [-0.25, -0.2) is 0 Å². The highest BCUT2D eigenvalue weighted by Gasteiger charge is 2.30. The average molecular weight is 407 g/mol. The van der Waals surface area contributed by atoms with E-state index in [9.17, 15) is 18.0 Å². The maximum Gasteiger partial charge on any atom is 0.416 e. The van der Waals surface area contributed by atoms with E-state index in [4.69, 9.17) is 0 Å². The molecule has 0 aliphatic rings. The normalized spacial score (nSPS) is 11.4. The molecule has 3 rings (SSSR count). The number of benzene rings is 1. The van der Waals surface area contributed by atoms with Crippen LogP contribution in [0.2, 0.25) is 0 Å². The van der Waals surface area contributed by atoms with Crippen LogP contribution in [0.1, 0.15) is 12.5 Å². The van der Waals surface area contributed by atoms with Gasteiger partial charge in [-0.2, -0.15) is 13.2 Å². The molecule has 0 saturated heterocycles. The van der Waals surface area contributed by atoms with Crippen LogP contribution >= 0.6 is 11.8 Å². The number of carbonyl (C=O) groups excluding carboxylic acids is 1. The van der Waals surface area contributed by atoms with Crippen LogP contribution in [0.3, 0.4) is 0 Å². The Morgan fingerprint density at radius 1 is 1.11 bits per heavy atom. The molecule has 28 heavy (non-hydrogen) atoms. The molecule has 2 aromatic heterocycles. The average Bonchev–Trinajstić information content (AvgIpc) is 3.10. The van der Waals surface area contributed by atoms with Crippen LogP contribution in [0.5, 0.6) is 0 Å². The summed E-state index contributed by atoms with van der Waals surface area (Å²) in [5, 5.41) is 11.5. The molecule has 0 atom stereocenters. The van der Waals surface area contributed by atoms with Gasteiger partial charge in [0.1, 0.15) is 0 Å². The molecule has 1 aromatic carbocycles. The van der Waals surface area contributed by atoms with Crippen molar-refractivity contribution in [1.29, 1.82) is 0 Å². The molecule has 2 heterocycles. The third-order valence-corrected chi connectivity index (χ3v) is 4.77. The summed E-state index contributed by atoms with van der Waals surface area (Å²) in [5.41, 5.74) is 0.401. The maximum absolute atomic E-state index is 12.6. The third-order valence-electron chi connectivity index (χ3n) is 3.80. The smallest absolute Gasteiger partial charge is 0.325 e. The molecule has 10 heteroatoms. The number of rotatable bonds is 6. The zero-order chi connectivity index (χ0) is 20.1. The van der Waals surface area contributed by atoms with E-state index in [0.717, 1.165) is 17.7 Å². The predicted octanol–water partition coefficient (Wildman–Crippen LogP) is 4.11. The van der Waals surface area contributed by atoms with Gasteiger partial charge in [0, 0.05) is 30.2 Å². The lowest BCUT2D eigenvalue weighted by atomic mass is 10.2. The summed E-state index contributed by atoms with van der Waals surface area (Å²) < 4.78 is 39.6. The van der Waals surface area contributed by atoms with E-state index in [-0.39, 0.29) is 11.7 Å². The van der Waals surface area contributed by atoms with Gasteiger partial charge in [0.15, 0.2) is 11.0 Å². The number of pyridine rings is 1. The highest BCUT2D eigenvalue weighted by Crippen LogP contribution is 2.30. The van der Waals surface area contributed by atoms with Crippen molar-refractivity contribution in [1.82, 2.24) is 19.7 Å². The molecule has 0 aliphatic carbocycles. The van der Waals surface area contributed by atoms with Crippen molar-refractivity contribution in [2.75, 3.05) is 11.1 Å². The van der Waals surface area contributed by atoms with E-state index >= 15 is 0 Å². The Balaban J connectivity index is 1.63. The minimum Gasteiger partial charge on any atom is -0.325 e. The van der Waals surface area contributed by atoms with E-state index in [1.165, 1.54) is 23.9 Å². The van der Waals surface area contributed by atoms with Gasteiger partial charge in [-0.3, -0.25) is 9.78 Å². The van der Waals surface area contributed by atoms with Gasteiger partial charge >= 0.3 is 6.18 Å². The number of carbonyl (C=O) groups is 1. The minimum absolute atomic E-state index is 0.0511. The molecule has 0 saturated carbocycles. The second-order valence-corrected chi connectivity index (χ2v) is 6.64. The first-order valence-electron chi connectivity index (χ1n) is 8.32. The summed E-state index contributed by atoms with van der Waals surface area (Å²) in [7, 11) is 0. The number of alkyl halides is 3. The zero-order valence-electron chi connectivity index (χ0n) is 14.8. The van der Waals surface area contributed by atoms with Gasteiger partial charge in [0.2, 0.25) is 5.91 Å². The standard InChI is InChI=1S/C18H16F3N5OS/c1-2-26-16(12-7-9-22-10-8-12)24-25-17(26)28-11-15(27)23-14-5-3-13(4-6-14)18(19,20)21/h3-10H,2,11H2,1H3,(H,23,27). The summed E-state index contributed by atoms with van der Waals surface area (Å²) in [6.07, 6.45) is -1.09. The Morgan fingerprint density at radius 3 is 2.39 bits per heavy atom. The Morgan fingerprint density at radius 2 is 1.79 bits per heavy atom. The lowest BCUT2D eigenvalue weighted by molar-refractivity contribution is -0.137. The minimum atomic E-state index is -4.41. The molecule has 6 nitrogen and oxygen atoms in total. The van der Waals surface area contributed by atoms with Gasteiger partial charge in [-0.15, -0.1) is 10.2 Å². The SMILES string of the molecule is CCn1c(SCC(=O)Nc2ccc(C(F)(F)F)cc2)nnc1-c1ccncc1. The molecule has 1 amide bonds. The quantitative estimate of drug-likeness (QED) is 0.623. The summed E-state index contributed by atoms with van der Waals surface area (Å²) in [4.78, 5) is 16.1. The van der Waals surface area contributed by atoms with E-state index in [1.807, 2.05) is 23.6 Å². The fraction of sp³-hybridized carbons (Fsp3) is 0.222. The van der Waals surface area contributed by atoms with Crippen molar-refractivity contribution >= 4 is 23.4 Å². The number of halogens is 3. The molecule has 1 N–H and O–H groups in total. The number of anilines is 1. The van der Waals surface area contributed by atoms with Crippen LogP contribution in [0.4, 0.5) is 18.9 Å². The first-order valence-corrected chi connectivity index (χ1v) is 9.30. The molecule has 0 fully saturated rings. The number of nitrogens with one attached hydrogen (secondary N) is 1. The van der Waals surface area contributed by atoms with Gasteiger partial charge in [0.05, 0.1) is 11.3 Å². The van der Waals surface area contributed by atoms with Gasteiger partial charge in [0.25, 0.3) is 0 Å². The van der Waals surface area contributed by atoms with E-state index in [1.54, 1.807) is 12.4 Å². The molecule has 0 aliphatic heterocycles. The van der Waals surface area contributed by atoms with Crippen molar-refractivity contribution in [3.05, 3.63) is 54.4 Å². The fourth-order valence-corrected chi connectivity index (χ4v) is 3.27. The first kappa shape index (κ1) is 19.9.